The minimum atomic E-state index is -3.62. The zero-order valence-corrected chi connectivity index (χ0v) is 32.3. The topological polar surface area (TPSA) is 115 Å². The molecule has 2 aromatic carbocycles. The number of carbonyl (C=O) groups excluding carboxylic acids is 2. The molecule has 4 aliphatic rings. The summed E-state index contributed by atoms with van der Waals surface area (Å²) in [6, 6.07) is 11.6. The molecule has 10 nitrogen and oxygen atoms in total. The average molecular weight is 748 g/mol. The van der Waals surface area contributed by atoms with Crippen molar-refractivity contribution < 1.29 is 23.3 Å². The number of methoxy groups -OCH3 is 1. The highest BCUT2D eigenvalue weighted by Crippen LogP contribution is 2.47. The van der Waals surface area contributed by atoms with Crippen molar-refractivity contribution >= 4 is 39.0 Å². The predicted molar refractivity (Wildman–Crippen MR) is 205 cm³/mol. The molecule has 0 radical (unpaired) electrons. The highest BCUT2D eigenvalue weighted by atomic mass is 35.5. The average Bonchev–Trinajstić information content (AvgIpc) is 3.43. The summed E-state index contributed by atoms with van der Waals surface area (Å²) in [5.41, 5.74) is 4.29. The maximum absolute atomic E-state index is 14.9. The Morgan fingerprint density at radius 3 is 2.77 bits per heavy atom. The molecule has 1 fully saturated rings. The Labute approximate surface area is 312 Å². The normalized spacial score (nSPS) is 30.9. The van der Waals surface area contributed by atoms with Gasteiger partial charge in [-0.2, -0.15) is 5.10 Å². The molecule has 12 heteroatoms. The van der Waals surface area contributed by atoms with Gasteiger partial charge < -0.3 is 14.4 Å². The van der Waals surface area contributed by atoms with E-state index in [0.717, 1.165) is 49.4 Å². The van der Waals surface area contributed by atoms with Gasteiger partial charge in [-0.3, -0.25) is 19.0 Å². The van der Waals surface area contributed by atoms with Gasteiger partial charge in [-0.25, -0.2) is 4.21 Å². The van der Waals surface area contributed by atoms with E-state index < -0.39 is 27.0 Å². The summed E-state index contributed by atoms with van der Waals surface area (Å²) in [7, 11) is -0.110. The lowest BCUT2D eigenvalue weighted by Gasteiger charge is -2.46. The number of nitrogens with zero attached hydrogens (tertiary/aromatic N) is 4. The van der Waals surface area contributed by atoms with E-state index in [2.05, 4.69) is 43.4 Å². The van der Waals surface area contributed by atoms with E-state index >= 15 is 0 Å². The number of benzene rings is 2. The fourth-order valence-electron chi connectivity index (χ4n) is 8.66. The Hall–Kier alpha value is -3.67. The van der Waals surface area contributed by atoms with Gasteiger partial charge in [-0.1, -0.05) is 43.7 Å². The Balaban J connectivity index is 1.33. The number of anilines is 1. The van der Waals surface area contributed by atoms with Crippen LogP contribution in [0.15, 0.2) is 59.1 Å². The summed E-state index contributed by atoms with van der Waals surface area (Å²) >= 11 is 6.47. The smallest absolute Gasteiger partial charge is 0.286 e. The van der Waals surface area contributed by atoms with Gasteiger partial charge in [0.15, 0.2) is 0 Å². The molecule has 3 aromatic rings. The fraction of sp³-hybridized carbons (Fsp3) is 0.525. The first-order valence-electron chi connectivity index (χ1n) is 18.6. The van der Waals surface area contributed by atoms with Gasteiger partial charge in [-0.15, -0.1) is 4.36 Å². The highest BCUT2D eigenvalue weighted by molar-refractivity contribution is 7.93. The van der Waals surface area contributed by atoms with Crippen LogP contribution in [0.3, 0.4) is 0 Å². The molecule has 3 heterocycles. The molecule has 2 amide bonds. The zero-order valence-electron chi connectivity index (χ0n) is 30.8. The third-order valence-electron chi connectivity index (χ3n) is 12.0. The lowest BCUT2D eigenvalue weighted by molar-refractivity contribution is 0.0131. The molecule has 2 aliphatic heterocycles. The van der Waals surface area contributed by atoms with Crippen LogP contribution in [0.2, 0.25) is 5.02 Å². The molecule has 2 bridgehead atoms. The van der Waals surface area contributed by atoms with Crippen molar-refractivity contribution in [1.82, 2.24) is 14.5 Å². The standard InChI is InChI=1S/C40H50ClN5O5S/c1-6-34-32(22-45(4)42-34)39(48)44-52(49)26(3)25(2)9-7-11-36(50-5)31-15-12-29(31)21-46-23-40(18-8-10-27-19-30(41)14-16-33(27)40)24-51-37-17-13-28(20-35(37)46)38(47)43-52/h7,11,13-14,16-17,19-20,22,25-26,29,31,36H,6,8-10,12,15,18,21,23-24H2,1-5H3,(H,43,44,47,48,49)/b11-7-/t25-,26+,29-,31+,36-,40-,52?/m0/s1. The van der Waals surface area contributed by atoms with Crippen molar-refractivity contribution in [2.75, 3.05) is 31.7 Å². The van der Waals surface area contributed by atoms with Crippen molar-refractivity contribution in [3.8, 4) is 5.75 Å². The van der Waals surface area contributed by atoms with Crippen LogP contribution in [0.1, 0.15) is 90.4 Å². The van der Waals surface area contributed by atoms with E-state index in [9.17, 15) is 13.8 Å². The van der Waals surface area contributed by atoms with E-state index in [1.165, 1.54) is 11.1 Å². The second kappa shape index (κ2) is 14.6. The minimum absolute atomic E-state index is 0.0666. The van der Waals surface area contributed by atoms with E-state index in [1.807, 2.05) is 32.0 Å². The number of aryl methyl sites for hydroxylation is 3. The molecule has 1 spiro atoms. The summed E-state index contributed by atoms with van der Waals surface area (Å²) in [5.74, 6) is 0.0330. The molecule has 1 unspecified atom stereocenters. The first-order valence-corrected chi connectivity index (χ1v) is 20.5. The lowest BCUT2D eigenvalue weighted by atomic mass is 9.68. The SMILES string of the molecule is CCc1nn(C)cc1C(=O)NS1(=O)=NC(=O)c2ccc3c(c2)N(C[C@@H]2CC[C@H]2[C@@H](OC)/C=C\C[C@H](C)[C@H]1C)C[C@@]1(CCCc2cc(Cl)ccc21)CO3. The van der Waals surface area contributed by atoms with E-state index in [-0.39, 0.29) is 17.4 Å². The number of halogens is 1. The lowest BCUT2D eigenvalue weighted by Crippen LogP contribution is -2.49. The quantitative estimate of drug-likeness (QED) is 0.284. The van der Waals surface area contributed by atoms with Gasteiger partial charge in [0.05, 0.1) is 34.9 Å². The number of allylic oxidation sites excluding steroid dienone is 1. The third kappa shape index (κ3) is 6.92. The molecular weight excluding hydrogens is 698 g/mol. The maximum atomic E-state index is 14.9. The van der Waals surface area contributed by atoms with Crippen molar-refractivity contribution in [2.45, 2.75) is 82.5 Å². The van der Waals surface area contributed by atoms with Crippen LogP contribution in [0.5, 0.6) is 5.75 Å². The Bertz CT molecular complexity index is 2020. The number of fused-ring (bicyclic) bond motifs is 4. The first-order chi connectivity index (χ1) is 24.9. The summed E-state index contributed by atoms with van der Waals surface area (Å²) in [6.07, 6.45) is 12.0. The van der Waals surface area contributed by atoms with Crippen molar-refractivity contribution in [1.29, 1.82) is 0 Å². The Morgan fingerprint density at radius 2 is 2.02 bits per heavy atom. The molecule has 7 atom stereocenters. The molecule has 0 saturated heterocycles. The number of hydrogen-bond donors (Lipinski definition) is 1. The number of carbonyl (C=O) groups is 2. The highest BCUT2D eigenvalue weighted by Gasteiger charge is 2.44. The number of aromatic nitrogens is 2. The van der Waals surface area contributed by atoms with Crippen molar-refractivity contribution in [2.24, 2.45) is 29.2 Å². The molecule has 1 aromatic heterocycles. The van der Waals surface area contributed by atoms with E-state index in [0.29, 0.717) is 60.4 Å². The number of hydrogen-bond acceptors (Lipinski definition) is 7. The van der Waals surface area contributed by atoms with Crippen LogP contribution in [0.25, 0.3) is 0 Å². The van der Waals surface area contributed by atoms with Crippen LogP contribution in [-0.4, -0.2) is 64.0 Å². The molecule has 1 N–H and O–H groups in total. The maximum Gasteiger partial charge on any atom is 0.286 e. The fourth-order valence-corrected chi connectivity index (χ4v) is 10.7. The van der Waals surface area contributed by atoms with E-state index in [4.69, 9.17) is 21.1 Å². The number of nitrogens with one attached hydrogen (secondary N) is 1. The van der Waals surface area contributed by atoms with Gasteiger partial charge in [0.2, 0.25) is 0 Å². The summed E-state index contributed by atoms with van der Waals surface area (Å²) in [6.45, 7) is 7.67. The Morgan fingerprint density at radius 1 is 1.19 bits per heavy atom. The van der Waals surface area contributed by atoms with Crippen LogP contribution < -0.4 is 14.4 Å². The van der Waals surface area contributed by atoms with Gasteiger partial charge in [0, 0.05) is 49.4 Å². The van der Waals surface area contributed by atoms with Gasteiger partial charge >= 0.3 is 0 Å². The second-order valence-electron chi connectivity index (χ2n) is 15.2. The number of rotatable bonds is 4. The van der Waals surface area contributed by atoms with Crippen molar-refractivity contribution in [3.05, 3.63) is 87.7 Å². The molecule has 52 heavy (non-hydrogen) atoms. The number of amides is 2. The van der Waals surface area contributed by atoms with Crippen molar-refractivity contribution in [3.63, 3.8) is 0 Å². The second-order valence-corrected chi connectivity index (χ2v) is 18.0. The first kappa shape index (κ1) is 36.7. The van der Waals surface area contributed by atoms with Gasteiger partial charge in [0.1, 0.15) is 15.7 Å². The summed E-state index contributed by atoms with van der Waals surface area (Å²) in [5, 5.41) is 4.47. The molecule has 7 rings (SSSR count). The van der Waals surface area contributed by atoms with Crippen LogP contribution in [0.4, 0.5) is 5.69 Å². The molecule has 1 saturated carbocycles. The largest absolute Gasteiger partial charge is 0.490 e. The van der Waals surface area contributed by atoms with Gasteiger partial charge in [0.25, 0.3) is 11.8 Å². The van der Waals surface area contributed by atoms with Crippen LogP contribution in [0, 0.1) is 17.8 Å². The Kier molecular flexibility index (Phi) is 10.3. The molecular formula is C40H50ClN5O5S. The van der Waals surface area contributed by atoms with Crippen LogP contribution in [-0.2, 0) is 40.0 Å². The predicted octanol–water partition coefficient (Wildman–Crippen LogP) is 7.09. The van der Waals surface area contributed by atoms with E-state index in [1.54, 1.807) is 38.0 Å². The minimum Gasteiger partial charge on any atom is -0.490 e. The van der Waals surface area contributed by atoms with Gasteiger partial charge in [-0.05, 0) is 111 Å². The monoisotopic (exact) mass is 747 g/mol. The summed E-state index contributed by atoms with van der Waals surface area (Å²) < 4.78 is 36.4. The third-order valence-corrected chi connectivity index (χ3v) is 14.6. The molecule has 278 valence electrons. The zero-order chi connectivity index (χ0) is 36.8. The molecule has 2 aliphatic carbocycles. The number of ether oxygens (including phenoxy) is 2. The van der Waals surface area contributed by atoms with Crippen LogP contribution >= 0.6 is 11.6 Å². The summed E-state index contributed by atoms with van der Waals surface area (Å²) in [4.78, 5) is 30.3.